The van der Waals surface area contributed by atoms with Crippen molar-refractivity contribution in [3.05, 3.63) is 107 Å². The lowest BCUT2D eigenvalue weighted by atomic mass is 9.66. The predicted molar refractivity (Wildman–Crippen MR) is 149 cm³/mol. The number of hydrogen-bond acceptors (Lipinski definition) is 3. The van der Waals surface area contributed by atoms with Crippen LogP contribution in [0.25, 0.3) is 21.5 Å². The molecule has 0 amide bonds. The van der Waals surface area contributed by atoms with E-state index < -0.39 is 5.41 Å². The number of hydrogen-bond donors (Lipinski definition) is 2. The number of phenolic OH excluding ortho intramolecular Hbond substituents is 2. The van der Waals surface area contributed by atoms with Gasteiger partial charge < -0.3 is 14.9 Å². The zero-order chi connectivity index (χ0) is 25.1. The fourth-order valence-corrected chi connectivity index (χ4v) is 6.85. The Bertz CT molecular complexity index is 1570. The molecular formula is C34H30O3. The Morgan fingerprint density at radius 1 is 0.649 bits per heavy atom. The van der Waals surface area contributed by atoms with Crippen LogP contribution < -0.4 is 4.74 Å². The highest BCUT2D eigenvalue weighted by Gasteiger charge is 2.42. The SMILES string of the molecule is CC1(c2ccc(C3CCCCC3)cc2)c2c(ccc3cc(O)ccc23)Oc2ccc3cc(O)ccc3c21. The summed E-state index contributed by atoms with van der Waals surface area (Å²) in [6.45, 7) is 2.29. The van der Waals surface area contributed by atoms with Crippen molar-refractivity contribution in [1.29, 1.82) is 0 Å². The lowest BCUT2D eigenvalue weighted by molar-refractivity contribution is 0.431. The maximum atomic E-state index is 10.2. The van der Waals surface area contributed by atoms with Crippen LogP contribution in [0.3, 0.4) is 0 Å². The third-order valence-electron chi connectivity index (χ3n) is 8.71. The molecule has 0 aromatic heterocycles. The molecule has 37 heavy (non-hydrogen) atoms. The number of fused-ring (bicyclic) bond motifs is 6. The molecule has 0 radical (unpaired) electrons. The molecule has 5 aromatic carbocycles. The van der Waals surface area contributed by atoms with Gasteiger partial charge in [0.25, 0.3) is 0 Å². The highest BCUT2D eigenvalue weighted by molar-refractivity contribution is 5.97. The summed E-state index contributed by atoms with van der Waals surface area (Å²) in [6.07, 6.45) is 6.54. The molecule has 0 spiro atoms. The number of rotatable bonds is 2. The smallest absolute Gasteiger partial charge is 0.132 e. The van der Waals surface area contributed by atoms with Gasteiger partial charge in [0.1, 0.15) is 23.0 Å². The van der Waals surface area contributed by atoms with Gasteiger partial charge in [0, 0.05) is 11.1 Å². The van der Waals surface area contributed by atoms with Crippen LogP contribution in [0.5, 0.6) is 23.0 Å². The van der Waals surface area contributed by atoms with E-state index in [0.29, 0.717) is 5.92 Å². The number of phenols is 2. The second-order valence-corrected chi connectivity index (χ2v) is 10.9. The minimum absolute atomic E-state index is 0.254. The van der Waals surface area contributed by atoms with E-state index in [4.69, 9.17) is 4.74 Å². The average molecular weight is 487 g/mol. The van der Waals surface area contributed by atoms with Crippen LogP contribution in [0.1, 0.15) is 67.2 Å². The van der Waals surface area contributed by atoms with E-state index in [0.717, 1.165) is 44.2 Å². The molecule has 3 nitrogen and oxygen atoms in total. The normalized spacial score (nSPS) is 16.8. The van der Waals surface area contributed by atoms with Crippen molar-refractivity contribution < 1.29 is 14.9 Å². The van der Waals surface area contributed by atoms with Crippen LogP contribution in [-0.2, 0) is 5.41 Å². The molecule has 0 bridgehead atoms. The fourth-order valence-electron chi connectivity index (χ4n) is 6.85. The summed E-state index contributed by atoms with van der Waals surface area (Å²) in [5, 5.41) is 24.5. The lowest BCUT2D eigenvalue weighted by Gasteiger charge is -2.40. The number of ether oxygens (including phenoxy) is 1. The first-order valence-electron chi connectivity index (χ1n) is 13.3. The van der Waals surface area contributed by atoms with Crippen molar-refractivity contribution in [2.24, 2.45) is 0 Å². The second-order valence-electron chi connectivity index (χ2n) is 10.9. The summed E-state index contributed by atoms with van der Waals surface area (Å²) < 4.78 is 6.56. The molecule has 0 atom stereocenters. The summed E-state index contributed by atoms with van der Waals surface area (Å²) in [7, 11) is 0. The number of benzene rings is 5. The van der Waals surface area contributed by atoms with Gasteiger partial charge in [-0.3, -0.25) is 0 Å². The second kappa shape index (κ2) is 8.27. The van der Waals surface area contributed by atoms with Gasteiger partial charge in [0.05, 0.1) is 5.41 Å². The van der Waals surface area contributed by atoms with Crippen molar-refractivity contribution >= 4 is 21.5 Å². The van der Waals surface area contributed by atoms with E-state index in [1.165, 1.54) is 43.2 Å². The molecule has 7 rings (SSSR count). The van der Waals surface area contributed by atoms with Crippen molar-refractivity contribution in [1.82, 2.24) is 0 Å². The Hall–Kier alpha value is -3.98. The zero-order valence-corrected chi connectivity index (χ0v) is 21.0. The van der Waals surface area contributed by atoms with E-state index in [-0.39, 0.29) is 11.5 Å². The van der Waals surface area contributed by atoms with Gasteiger partial charge in [-0.05, 0) is 94.8 Å². The Kier molecular flexibility index (Phi) is 4.97. The van der Waals surface area contributed by atoms with Gasteiger partial charge >= 0.3 is 0 Å². The summed E-state index contributed by atoms with van der Waals surface area (Å²) in [5.74, 6) is 2.83. The Balaban J connectivity index is 1.51. The molecule has 5 aromatic rings. The van der Waals surface area contributed by atoms with Gasteiger partial charge in [-0.15, -0.1) is 0 Å². The minimum Gasteiger partial charge on any atom is -0.508 e. The molecule has 1 aliphatic heterocycles. The molecule has 2 N–H and O–H groups in total. The largest absolute Gasteiger partial charge is 0.508 e. The maximum absolute atomic E-state index is 10.2. The van der Waals surface area contributed by atoms with E-state index >= 15 is 0 Å². The average Bonchev–Trinajstić information content (AvgIpc) is 2.93. The zero-order valence-electron chi connectivity index (χ0n) is 21.0. The van der Waals surface area contributed by atoms with Crippen molar-refractivity contribution in [2.75, 3.05) is 0 Å². The first-order chi connectivity index (χ1) is 18.0. The topological polar surface area (TPSA) is 49.7 Å². The van der Waals surface area contributed by atoms with Crippen molar-refractivity contribution in [3.8, 4) is 23.0 Å². The summed E-state index contributed by atoms with van der Waals surface area (Å²) >= 11 is 0. The fraction of sp³-hybridized carbons (Fsp3) is 0.235. The predicted octanol–water partition coefficient (Wildman–Crippen LogP) is 8.91. The molecule has 3 heteroatoms. The van der Waals surface area contributed by atoms with E-state index in [9.17, 15) is 10.2 Å². The highest BCUT2D eigenvalue weighted by Crippen LogP contribution is 2.56. The Labute approximate surface area is 217 Å². The quantitative estimate of drug-likeness (QED) is 0.262. The van der Waals surface area contributed by atoms with Crippen LogP contribution in [0.15, 0.2) is 84.9 Å². The molecule has 0 unspecified atom stereocenters. The van der Waals surface area contributed by atoms with Crippen molar-refractivity contribution in [3.63, 3.8) is 0 Å². The third kappa shape index (κ3) is 3.41. The van der Waals surface area contributed by atoms with Crippen LogP contribution >= 0.6 is 0 Å². The molecule has 184 valence electrons. The van der Waals surface area contributed by atoms with Crippen LogP contribution in [0.2, 0.25) is 0 Å². The van der Waals surface area contributed by atoms with Crippen LogP contribution in [-0.4, -0.2) is 10.2 Å². The summed E-state index contributed by atoms with van der Waals surface area (Å²) in [5.41, 5.74) is 4.33. The van der Waals surface area contributed by atoms with E-state index in [1.807, 2.05) is 48.5 Å². The van der Waals surface area contributed by atoms with Crippen LogP contribution in [0.4, 0.5) is 0 Å². The first kappa shape index (κ1) is 22.2. The Morgan fingerprint density at radius 3 is 1.73 bits per heavy atom. The molecule has 2 aliphatic rings. The third-order valence-corrected chi connectivity index (χ3v) is 8.71. The molecule has 1 aliphatic carbocycles. The summed E-state index contributed by atoms with van der Waals surface area (Å²) in [4.78, 5) is 0. The number of aromatic hydroxyl groups is 2. The maximum Gasteiger partial charge on any atom is 0.132 e. The van der Waals surface area contributed by atoms with Gasteiger partial charge in [-0.1, -0.05) is 67.8 Å². The molecule has 1 fully saturated rings. The Morgan fingerprint density at radius 2 is 1.19 bits per heavy atom. The molecule has 1 heterocycles. The lowest BCUT2D eigenvalue weighted by Crippen LogP contribution is -2.30. The molecular weight excluding hydrogens is 456 g/mol. The van der Waals surface area contributed by atoms with Gasteiger partial charge in [-0.2, -0.15) is 0 Å². The van der Waals surface area contributed by atoms with E-state index in [2.05, 4.69) is 31.2 Å². The van der Waals surface area contributed by atoms with Crippen molar-refractivity contribution in [2.45, 2.75) is 50.4 Å². The van der Waals surface area contributed by atoms with Gasteiger partial charge in [0.15, 0.2) is 0 Å². The minimum atomic E-state index is -0.513. The van der Waals surface area contributed by atoms with Gasteiger partial charge in [0.2, 0.25) is 0 Å². The van der Waals surface area contributed by atoms with E-state index in [1.54, 1.807) is 12.1 Å². The summed E-state index contributed by atoms with van der Waals surface area (Å²) in [6, 6.07) is 28.5. The molecule has 0 saturated heterocycles. The van der Waals surface area contributed by atoms with Gasteiger partial charge in [-0.25, -0.2) is 0 Å². The molecule has 1 saturated carbocycles. The monoisotopic (exact) mass is 486 g/mol. The first-order valence-corrected chi connectivity index (χ1v) is 13.3. The standard InChI is InChI=1S/C34H30O3/c1-34(25-11-7-22(8-12-25)21-5-3-2-4-6-21)32-28-15-13-26(35)19-23(28)9-17-30(32)37-31-18-10-24-20-27(36)14-16-29(24)33(31)34/h7-21,35-36H,2-6H2,1H3. The van der Waals surface area contributed by atoms with Crippen LogP contribution in [0, 0.1) is 0 Å². The highest BCUT2D eigenvalue weighted by atomic mass is 16.5.